The number of imidazole rings is 1. The molecule has 3 rings (SSSR count). The van der Waals surface area contributed by atoms with Crippen LogP contribution >= 0.6 is 0 Å². The summed E-state index contributed by atoms with van der Waals surface area (Å²) in [5, 5.41) is 0. The number of esters is 1. The molecule has 0 aromatic carbocycles. The molecular formula is C15H20N4O4. The van der Waals surface area contributed by atoms with E-state index in [-0.39, 0.29) is 29.1 Å². The fraction of sp³-hybridized carbons (Fsp3) is 0.600. The average molecular weight is 320 g/mol. The first-order valence-electron chi connectivity index (χ1n) is 7.68. The van der Waals surface area contributed by atoms with E-state index in [2.05, 4.69) is 15.0 Å². The van der Waals surface area contributed by atoms with Crippen LogP contribution in [0.25, 0.3) is 11.2 Å². The minimum atomic E-state index is -0.544. The Kier molecular flexibility index (Phi) is 3.93. The maximum atomic E-state index is 12.0. The summed E-state index contributed by atoms with van der Waals surface area (Å²) >= 11 is 0. The molecule has 0 amide bonds. The van der Waals surface area contributed by atoms with Crippen LogP contribution in [0.4, 0.5) is 0 Å². The Hall–Kier alpha value is -2.22. The predicted octanol–water partition coefficient (Wildman–Crippen LogP) is 1.30. The summed E-state index contributed by atoms with van der Waals surface area (Å²) in [6.45, 7) is 7.09. The summed E-state index contributed by atoms with van der Waals surface area (Å²) in [5.41, 5.74) is 0.374. The van der Waals surface area contributed by atoms with E-state index in [0.29, 0.717) is 11.5 Å². The topological polar surface area (TPSA) is 99.1 Å². The number of rotatable bonds is 3. The van der Waals surface area contributed by atoms with Crippen molar-refractivity contribution < 1.29 is 14.3 Å². The molecule has 1 aliphatic rings. The Labute approximate surface area is 132 Å². The van der Waals surface area contributed by atoms with Crippen molar-refractivity contribution in [2.24, 2.45) is 5.92 Å². The smallest absolute Gasteiger partial charge is 0.303 e. The van der Waals surface area contributed by atoms with Gasteiger partial charge in [0.1, 0.15) is 5.82 Å². The van der Waals surface area contributed by atoms with Gasteiger partial charge in [0.05, 0.1) is 12.4 Å². The lowest BCUT2D eigenvalue weighted by Gasteiger charge is -2.21. The van der Waals surface area contributed by atoms with Crippen molar-refractivity contribution in [1.82, 2.24) is 19.5 Å². The highest BCUT2D eigenvalue weighted by molar-refractivity contribution is 5.69. The molecule has 2 aromatic heterocycles. The second-order valence-corrected chi connectivity index (χ2v) is 5.88. The lowest BCUT2D eigenvalue weighted by Crippen LogP contribution is -2.29. The molecule has 1 aliphatic heterocycles. The molecule has 1 saturated heterocycles. The van der Waals surface area contributed by atoms with E-state index >= 15 is 0 Å². The maximum Gasteiger partial charge on any atom is 0.303 e. The highest BCUT2D eigenvalue weighted by atomic mass is 16.6. The van der Waals surface area contributed by atoms with E-state index in [1.807, 2.05) is 13.8 Å². The van der Waals surface area contributed by atoms with Crippen LogP contribution in [0, 0.1) is 12.8 Å². The van der Waals surface area contributed by atoms with Gasteiger partial charge >= 0.3 is 5.97 Å². The summed E-state index contributed by atoms with van der Waals surface area (Å²) in [4.78, 5) is 34.5. The zero-order chi connectivity index (χ0) is 16.7. The first-order valence-corrected chi connectivity index (χ1v) is 7.68. The number of carbonyl (C=O) groups is 1. The minimum absolute atomic E-state index is 0.0365. The molecule has 0 saturated carbocycles. The highest BCUT2D eigenvalue weighted by Crippen LogP contribution is 2.38. The van der Waals surface area contributed by atoms with Crippen LogP contribution < -0.4 is 5.56 Å². The lowest BCUT2D eigenvalue weighted by molar-refractivity contribution is -0.153. The molecule has 0 radical (unpaired) electrons. The molecule has 3 heterocycles. The van der Waals surface area contributed by atoms with Gasteiger partial charge in [-0.15, -0.1) is 0 Å². The number of nitrogens with zero attached hydrogens (tertiary/aromatic N) is 3. The first kappa shape index (κ1) is 15.7. The summed E-state index contributed by atoms with van der Waals surface area (Å²) in [5.74, 6) is 0.166. The van der Waals surface area contributed by atoms with Crippen molar-refractivity contribution in [1.29, 1.82) is 0 Å². The molecule has 8 nitrogen and oxygen atoms in total. The number of fused-ring (bicyclic) bond motifs is 1. The third-order valence-corrected chi connectivity index (χ3v) is 4.23. The quantitative estimate of drug-likeness (QED) is 0.856. The van der Waals surface area contributed by atoms with Crippen LogP contribution in [0.1, 0.15) is 39.2 Å². The number of aryl methyl sites for hydroxylation is 1. The van der Waals surface area contributed by atoms with Gasteiger partial charge in [-0.3, -0.25) is 14.2 Å². The number of aromatic amines is 1. The fourth-order valence-electron chi connectivity index (χ4n) is 3.12. The van der Waals surface area contributed by atoms with Crippen molar-refractivity contribution in [3.8, 4) is 0 Å². The molecule has 0 aliphatic carbocycles. The summed E-state index contributed by atoms with van der Waals surface area (Å²) < 4.78 is 13.2. The van der Waals surface area contributed by atoms with E-state index < -0.39 is 12.3 Å². The van der Waals surface area contributed by atoms with Crippen molar-refractivity contribution >= 4 is 17.1 Å². The molecule has 0 spiro atoms. The molecule has 4 atom stereocenters. The fourth-order valence-corrected chi connectivity index (χ4v) is 3.12. The van der Waals surface area contributed by atoms with Gasteiger partial charge in [-0.1, -0.05) is 13.8 Å². The Morgan fingerprint density at radius 3 is 2.91 bits per heavy atom. The van der Waals surface area contributed by atoms with E-state index in [9.17, 15) is 9.59 Å². The predicted molar refractivity (Wildman–Crippen MR) is 81.8 cm³/mol. The molecule has 1 unspecified atom stereocenters. The third kappa shape index (κ3) is 2.63. The molecule has 2 aromatic rings. The molecule has 8 heteroatoms. The van der Waals surface area contributed by atoms with Gasteiger partial charge in [0, 0.05) is 12.8 Å². The standard InChI is InChI=1S/C15H20N4O4/c1-5-10-7(2)12(22-9(4)20)15(23-10)19-6-16-11-13(19)17-8(3)18-14(11)21/h6-7,10,12,15H,5H2,1-4H3,(H,17,18,21)/t7?,10-,12+,15-/m1/s1. The van der Waals surface area contributed by atoms with Gasteiger partial charge < -0.3 is 14.5 Å². The number of H-pyrrole nitrogens is 1. The number of carbonyl (C=O) groups excluding carboxylic acids is 1. The van der Waals surface area contributed by atoms with Gasteiger partial charge in [0.2, 0.25) is 0 Å². The average Bonchev–Trinajstić information content (AvgIpc) is 3.01. The monoisotopic (exact) mass is 320 g/mol. The largest absolute Gasteiger partial charge is 0.457 e. The SMILES string of the molecule is CC[C@H]1O[C@@H](n2cnc3c(=O)[nH]c(C)nc32)[C@@H](OC(C)=O)C1C. The molecule has 23 heavy (non-hydrogen) atoms. The van der Waals surface area contributed by atoms with Crippen LogP contribution in [0.5, 0.6) is 0 Å². The van der Waals surface area contributed by atoms with E-state index in [0.717, 1.165) is 6.42 Å². The van der Waals surface area contributed by atoms with Gasteiger partial charge in [-0.05, 0) is 13.3 Å². The van der Waals surface area contributed by atoms with E-state index in [1.165, 1.54) is 13.3 Å². The summed E-state index contributed by atoms with van der Waals surface area (Å²) in [6, 6.07) is 0. The normalized spacial score (nSPS) is 27.5. The number of hydrogen-bond donors (Lipinski definition) is 1. The molecule has 1 fully saturated rings. The van der Waals surface area contributed by atoms with Crippen LogP contribution in [-0.2, 0) is 14.3 Å². The lowest BCUT2D eigenvalue weighted by atomic mass is 9.98. The van der Waals surface area contributed by atoms with Crippen LogP contribution in [0.15, 0.2) is 11.1 Å². The van der Waals surface area contributed by atoms with Crippen molar-refractivity contribution in [3.05, 3.63) is 22.5 Å². The molecule has 124 valence electrons. The maximum absolute atomic E-state index is 12.0. The second kappa shape index (κ2) is 5.77. The minimum Gasteiger partial charge on any atom is -0.457 e. The first-order chi connectivity index (χ1) is 10.9. The number of hydrogen-bond acceptors (Lipinski definition) is 6. The van der Waals surface area contributed by atoms with E-state index in [1.54, 1.807) is 11.5 Å². The molecule has 0 bridgehead atoms. The van der Waals surface area contributed by atoms with Gasteiger partial charge in [-0.2, -0.15) is 0 Å². The summed E-state index contributed by atoms with van der Waals surface area (Å²) in [7, 11) is 0. The highest BCUT2D eigenvalue weighted by Gasteiger charge is 2.45. The van der Waals surface area contributed by atoms with Gasteiger partial charge in [-0.25, -0.2) is 9.97 Å². The van der Waals surface area contributed by atoms with Crippen LogP contribution in [0.3, 0.4) is 0 Å². The van der Waals surface area contributed by atoms with Crippen molar-refractivity contribution in [2.45, 2.75) is 52.6 Å². The second-order valence-electron chi connectivity index (χ2n) is 5.88. The third-order valence-electron chi connectivity index (χ3n) is 4.23. The van der Waals surface area contributed by atoms with Gasteiger partial charge in [0.25, 0.3) is 5.56 Å². The van der Waals surface area contributed by atoms with Crippen LogP contribution in [-0.4, -0.2) is 37.7 Å². The Morgan fingerprint density at radius 2 is 2.26 bits per heavy atom. The number of nitrogens with one attached hydrogen (secondary N) is 1. The Balaban J connectivity index is 2.08. The Bertz CT molecular complexity index is 796. The molecular weight excluding hydrogens is 300 g/mol. The number of ether oxygens (including phenoxy) is 2. The Morgan fingerprint density at radius 1 is 1.52 bits per heavy atom. The van der Waals surface area contributed by atoms with Crippen LogP contribution in [0.2, 0.25) is 0 Å². The zero-order valence-corrected chi connectivity index (χ0v) is 13.6. The molecule has 1 N–H and O–H groups in total. The zero-order valence-electron chi connectivity index (χ0n) is 13.6. The van der Waals surface area contributed by atoms with E-state index in [4.69, 9.17) is 9.47 Å². The van der Waals surface area contributed by atoms with Gasteiger partial charge in [0.15, 0.2) is 23.5 Å². The van der Waals surface area contributed by atoms with Crippen molar-refractivity contribution in [3.63, 3.8) is 0 Å². The summed E-state index contributed by atoms with van der Waals surface area (Å²) in [6.07, 6.45) is 1.28. The number of aromatic nitrogens is 4. The van der Waals surface area contributed by atoms with Crippen molar-refractivity contribution in [2.75, 3.05) is 0 Å².